The number of ether oxygens (including phenoxy) is 1. The van der Waals surface area contributed by atoms with E-state index in [0.717, 1.165) is 6.42 Å². The van der Waals surface area contributed by atoms with E-state index in [4.69, 9.17) is 11.1 Å². The number of hydrogen-bond acceptors (Lipinski definition) is 4. The van der Waals surface area contributed by atoms with Gasteiger partial charge in [-0.2, -0.15) is 8.78 Å². The van der Waals surface area contributed by atoms with Crippen LogP contribution in [0.2, 0.25) is 0 Å². The van der Waals surface area contributed by atoms with Gasteiger partial charge in [-0.05, 0) is 25.2 Å². The number of nitrogens with two attached hydrogens (primary N) is 1. The zero-order valence-electron chi connectivity index (χ0n) is 12.1. The summed E-state index contributed by atoms with van der Waals surface area (Å²) < 4.78 is 31.9. The summed E-state index contributed by atoms with van der Waals surface area (Å²) in [6, 6.07) is 0. The molecule has 1 atom stereocenters. The molecule has 0 aromatic rings. The van der Waals surface area contributed by atoms with Crippen LogP contribution in [0.15, 0.2) is 11.3 Å². The SMILES string of the molecule is COC(=O)CC1CCN(C(=N)C2=C(N)C(F)(F)CCC2)C1. The van der Waals surface area contributed by atoms with Gasteiger partial charge in [0, 0.05) is 25.1 Å². The lowest BCUT2D eigenvalue weighted by Crippen LogP contribution is -2.37. The van der Waals surface area contributed by atoms with Crippen molar-refractivity contribution in [1.29, 1.82) is 5.41 Å². The number of likely N-dealkylation sites (tertiary alicyclic amines) is 1. The number of carbonyl (C=O) groups excluding carboxylic acids is 1. The van der Waals surface area contributed by atoms with Crippen molar-refractivity contribution in [2.45, 2.75) is 38.0 Å². The fraction of sp³-hybridized carbons (Fsp3) is 0.714. The number of amidine groups is 1. The Balaban J connectivity index is 2.03. The summed E-state index contributed by atoms with van der Waals surface area (Å²) in [5, 5.41) is 8.14. The van der Waals surface area contributed by atoms with Gasteiger partial charge < -0.3 is 15.4 Å². The van der Waals surface area contributed by atoms with Crippen molar-refractivity contribution >= 4 is 11.8 Å². The van der Waals surface area contributed by atoms with Crippen molar-refractivity contribution in [3.8, 4) is 0 Å². The molecule has 1 aliphatic carbocycles. The first-order valence-corrected chi connectivity index (χ1v) is 7.12. The number of carbonyl (C=O) groups is 1. The Morgan fingerprint density at radius 1 is 1.57 bits per heavy atom. The van der Waals surface area contributed by atoms with Gasteiger partial charge in [0.2, 0.25) is 0 Å². The van der Waals surface area contributed by atoms with E-state index in [2.05, 4.69) is 4.74 Å². The molecule has 1 aliphatic heterocycles. The number of alkyl halides is 2. The van der Waals surface area contributed by atoms with E-state index < -0.39 is 11.6 Å². The largest absolute Gasteiger partial charge is 0.469 e. The summed E-state index contributed by atoms with van der Waals surface area (Å²) in [7, 11) is 1.34. The number of nitrogens with zero attached hydrogens (tertiary/aromatic N) is 1. The second-order valence-corrected chi connectivity index (χ2v) is 5.68. The number of rotatable bonds is 3. The minimum atomic E-state index is -3.01. The van der Waals surface area contributed by atoms with Crippen molar-refractivity contribution < 1.29 is 18.3 Å². The molecule has 3 N–H and O–H groups in total. The highest BCUT2D eigenvalue weighted by molar-refractivity contribution is 5.97. The van der Waals surface area contributed by atoms with Gasteiger partial charge in [0.25, 0.3) is 5.92 Å². The highest BCUT2D eigenvalue weighted by Gasteiger charge is 2.39. The second kappa shape index (κ2) is 5.99. The predicted octanol–water partition coefficient (Wildman–Crippen LogP) is 1.88. The molecule has 21 heavy (non-hydrogen) atoms. The first-order chi connectivity index (χ1) is 9.85. The Hall–Kier alpha value is -1.66. The van der Waals surface area contributed by atoms with Gasteiger partial charge in [-0.3, -0.25) is 10.2 Å². The van der Waals surface area contributed by atoms with E-state index in [-0.39, 0.29) is 29.7 Å². The maximum Gasteiger partial charge on any atom is 0.305 e. The summed E-state index contributed by atoms with van der Waals surface area (Å²) in [6.07, 6.45) is 1.55. The average molecular weight is 301 g/mol. The van der Waals surface area contributed by atoms with Crippen LogP contribution in [-0.2, 0) is 9.53 Å². The Morgan fingerprint density at radius 2 is 2.29 bits per heavy atom. The smallest absolute Gasteiger partial charge is 0.305 e. The third-order valence-corrected chi connectivity index (χ3v) is 4.21. The molecular weight excluding hydrogens is 280 g/mol. The van der Waals surface area contributed by atoms with E-state index in [1.165, 1.54) is 7.11 Å². The van der Waals surface area contributed by atoms with Crippen LogP contribution in [0.3, 0.4) is 0 Å². The molecule has 0 spiro atoms. The zero-order chi connectivity index (χ0) is 15.6. The standard InChI is InChI=1S/C14H21F2N3O2/c1-21-11(20)7-9-4-6-19(8-9)13(18)10-3-2-5-14(15,16)12(10)17/h9,18H,2-8,17H2,1H3. The summed E-state index contributed by atoms with van der Waals surface area (Å²) >= 11 is 0. The van der Waals surface area contributed by atoms with Crippen molar-refractivity contribution in [3.05, 3.63) is 11.3 Å². The maximum atomic E-state index is 13.6. The van der Waals surface area contributed by atoms with Gasteiger partial charge in [0.05, 0.1) is 19.2 Å². The van der Waals surface area contributed by atoms with Crippen LogP contribution in [-0.4, -0.2) is 42.8 Å². The van der Waals surface area contributed by atoms with E-state index in [0.29, 0.717) is 32.4 Å². The van der Waals surface area contributed by atoms with Crippen molar-refractivity contribution in [2.24, 2.45) is 11.7 Å². The number of methoxy groups -OCH3 is 1. The molecule has 7 heteroatoms. The van der Waals surface area contributed by atoms with Gasteiger partial charge in [-0.1, -0.05) is 0 Å². The van der Waals surface area contributed by atoms with Crippen LogP contribution >= 0.6 is 0 Å². The molecule has 0 saturated carbocycles. The Morgan fingerprint density at radius 3 is 2.95 bits per heavy atom. The van der Waals surface area contributed by atoms with E-state index in [1.54, 1.807) is 4.90 Å². The normalized spacial score (nSPS) is 25.1. The Kier molecular flexibility index (Phi) is 4.49. The summed E-state index contributed by atoms with van der Waals surface area (Å²) in [5.74, 6) is -3.11. The molecule has 0 radical (unpaired) electrons. The molecule has 2 aliphatic rings. The van der Waals surface area contributed by atoms with Crippen LogP contribution in [0.1, 0.15) is 32.1 Å². The number of esters is 1. The molecule has 0 aromatic heterocycles. The molecule has 0 aromatic carbocycles. The first kappa shape index (κ1) is 15.7. The Labute approximate surface area is 122 Å². The minimum Gasteiger partial charge on any atom is -0.469 e. The molecule has 0 bridgehead atoms. The molecule has 5 nitrogen and oxygen atoms in total. The van der Waals surface area contributed by atoms with Gasteiger partial charge in [-0.15, -0.1) is 0 Å². The molecule has 1 unspecified atom stereocenters. The van der Waals surface area contributed by atoms with Crippen LogP contribution in [0.25, 0.3) is 0 Å². The number of allylic oxidation sites excluding steroid dienone is 1. The van der Waals surface area contributed by atoms with Gasteiger partial charge in [0.15, 0.2) is 0 Å². The number of hydrogen-bond donors (Lipinski definition) is 2. The van der Waals surface area contributed by atoms with Gasteiger partial charge in [-0.25, -0.2) is 0 Å². The first-order valence-electron chi connectivity index (χ1n) is 7.12. The van der Waals surface area contributed by atoms with Crippen molar-refractivity contribution in [2.75, 3.05) is 20.2 Å². The second-order valence-electron chi connectivity index (χ2n) is 5.68. The lowest BCUT2D eigenvalue weighted by Gasteiger charge is -2.29. The molecule has 1 fully saturated rings. The quantitative estimate of drug-likeness (QED) is 0.474. The van der Waals surface area contributed by atoms with Gasteiger partial charge >= 0.3 is 5.97 Å². The van der Waals surface area contributed by atoms with Crippen LogP contribution in [0.5, 0.6) is 0 Å². The molecule has 1 heterocycles. The lowest BCUT2D eigenvalue weighted by atomic mass is 9.92. The summed E-state index contributed by atoms with van der Waals surface area (Å²) in [6.45, 7) is 1.10. The van der Waals surface area contributed by atoms with E-state index >= 15 is 0 Å². The third-order valence-electron chi connectivity index (χ3n) is 4.21. The topological polar surface area (TPSA) is 79.4 Å². The lowest BCUT2D eigenvalue weighted by molar-refractivity contribution is -0.141. The summed E-state index contributed by atoms with van der Waals surface area (Å²) in [5.41, 5.74) is 5.34. The number of halogens is 2. The summed E-state index contributed by atoms with van der Waals surface area (Å²) in [4.78, 5) is 13.0. The third kappa shape index (κ3) is 3.33. The molecule has 0 amide bonds. The van der Waals surface area contributed by atoms with E-state index in [1.807, 2.05) is 0 Å². The van der Waals surface area contributed by atoms with Crippen molar-refractivity contribution in [3.63, 3.8) is 0 Å². The molecular formula is C14H21F2N3O2. The molecule has 2 rings (SSSR count). The molecule has 118 valence electrons. The van der Waals surface area contributed by atoms with Crippen molar-refractivity contribution in [1.82, 2.24) is 4.90 Å². The fourth-order valence-electron chi connectivity index (χ4n) is 2.94. The fourth-order valence-corrected chi connectivity index (χ4v) is 2.94. The van der Waals surface area contributed by atoms with Gasteiger partial charge in [0.1, 0.15) is 5.84 Å². The monoisotopic (exact) mass is 301 g/mol. The zero-order valence-corrected chi connectivity index (χ0v) is 12.1. The highest BCUT2D eigenvalue weighted by Crippen LogP contribution is 2.36. The number of nitrogens with one attached hydrogen (secondary N) is 1. The maximum absolute atomic E-state index is 13.6. The predicted molar refractivity (Wildman–Crippen MR) is 74.1 cm³/mol. The minimum absolute atomic E-state index is 0.0826. The van der Waals surface area contributed by atoms with Crippen LogP contribution in [0, 0.1) is 11.3 Å². The van der Waals surface area contributed by atoms with E-state index in [9.17, 15) is 13.6 Å². The Bertz CT molecular complexity index is 477. The van der Waals surface area contributed by atoms with Crippen LogP contribution in [0.4, 0.5) is 8.78 Å². The average Bonchev–Trinajstić information content (AvgIpc) is 2.89. The molecule has 1 saturated heterocycles. The van der Waals surface area contributed by atoms with Crippen LogP contribution < -0.4 is 5.73 Å². The highest BCUT2D eigenvalue weighted by atomic mass is 19.3.